The summed E-state index contributed by atoms with van der Waals surface area (Å²) in [5.41, 5.74) is 4.80. The Labute approximate surface area is 110 Å². The maximum absolute atomic E-state index is 12.5. The molecule has 0 spiro atoms. The van der Waals surface area contributed by atoms with Gasteiger partial charge in [-0.05, 0) is 19.1 Å². The van der Waals surface area contributed by atoms with Crippen molar-refractivity contribution >= 4 is 33.2 Å². The number of alkyl halides is 3. The molecule has 0 aliphatic heterocycles. The minimum absolute atomic E-state index is 0.0652. The van der Waals surface area contributed by atoms with Crippen molar-refractivity contribution < 1.29 is 22.7 Å². The van der Waals surface area contributed by atoms with E-state index in [1.165, 1.54) is 6.07 Å². The first-order valence-electron chi connectivity index (χ1n) is 5.28. The number of nitrogens with zero attached hydrogens (tertiary/aromatic N) is 1. The van der Waals surface area contributed by atoms with Crippen LogP contribution in [-0.2, 0) is 10.9 Å². The third-order valence-corrected chi connectivity index (χ3v) is 3.44. The van der Waals surface area contributed by atoms with Crippen LogP contribution in [0.5, 0.6) is 0 Å². The van der Waals surface area contributed by atoms with Gasteiger partial charge in [0, 0.05) is 5.39 Å². The van der Waals surface area contributed by atoms with Crippen LogP contribution in [0.2, 0.25) is 0 Å². The van der Waals surface area contributed by atoms with Crippen LogP contribution < -0.4 is 5.73 Å². The van der Waals surface area contributed by atoms with Crippen LogP contribution >= 0.6 is 11.3 Å². The standard InChI is InChI=1S/C11H9F3N2O2S/c1-2-18-10(17)8-7(15)5-3-4-6(11(12,13)14)16-9(5)19-8/h3-4H,2,15H2,1H3. The molecule has 0 atom stereocenters. The highest BCUT2D eigenvalue weighted by molar-refractivity contribution is 7.21. The number of ether oxygens (including phenoxy) is 1. The molecule has 2 aromatic heterocycles. The number of rotatable bonds is 2. The average Bonchev–Trinajstić information content (AvgIpc) is 2.66. The lowest BCUT2D eigenvalue weighted by Crippen LogP contribution is -2.07. The fraction of sp³-hybridized carbons (Fsp3) is 0.273. The van der Waals surface area contributed by atoms with Gasteiger partial charge in [0.05, 0.1) is 12.3 Å². The zero-order chi connectivity index (χ0) is 14.2. The average molecular weight is 290 g/mol. The number of thiophene rings is 1. The Balaban J connectivity index is 2.54. The van der Waals surface area contributed by atoms with Crippen LogP contribution in [-0.4, -0.2) is 17.6 Å². The van der Waals surface area contributed by atoms with Crippen molar-refractivity contribution in [3.8, 4) is 0 Å². The minimum atomic E-state index is -4.53. The fourth-order valence-corrected chi connectivity index (χ4v) is 2.49. The van der Waals surface area contributed by atoms with Gasteiger partial charge in [-0.25, -0.2) is 9.78 Å². The van der Waals surface area contributed by atoms with Crippen molar-refractivity contribution in [2.75, 3.05) is 12.3 Å². The molecule has 0 saturated carbocycles. The molecule has 0 aliphatic carbocycles. The first-order valence-corrected chi connectivity index (χ1v) is 6.09. The van der Waals surface area contributed by atoms with Gasteiger partial charge in [-0.3, -0.25) is 0 Å². The molecule has 2 heterocycles. The summed E-state index contributed by atoms with van der Waals surface area (Å²) in [7, 11) is 0. The summed E-state index contributed by atoms with van der Waals surface area (Å²) in [6.07, 6.45) is -4.53. The highest BCUT2D eigenvalue weighted by Gasteiger charge is 2.33. The van der Waals surface area contributed by atoms with Crippen LogP contribution in [0.4, 0.5) is 18.9 Å². The third-order valence-electron chi connectivity index (χ3n) is 2.35. The minimum Gasteiger partial charge on any atom is -0.462 e. The number of carbonyl (C=O) groups excluding carboxylic acids is 1. The summed E-state index contributed by atoms with van der Waals surface area (Å²) in [5, 5.41) is 0.320. The van der Waals surface area contributed by atoms with E-state index in [0.29, 0.717) is 5.39 Å². The van der Waals surface area contributed by atoms with Gasteiger partial charge in [0.15, 0.2) is 0 Å². The molecule has 2 N–H and O–H groups in total. The second-order valence-corrected chi connectivity index (χ2v) is 4.61. The molecule has 0 radical (unpaired) electrons. The number of fused-ring (bicyclic) bond motifs is 1. The van der Waals surface area contributed by atoms with Gasteiger partial charge in [-0.2, -0.15) is 13.2 Å². The lowest BCUT2D eigenvalue weighted by atomic mass is 10.2. The molecular weight excluding hydrogens is 281 g/mol. The van der Waals surface area contributed by atoms with Gasteiger partial charge in [0.1, 0.15) is 15.4 Å². The second-order valence-electron chi connectivity index (χ2n) is 3.61. The molecule has 4 nitrogen and oxygen atoms in total. The number of aromatic nitrogens is 1. The van der Waals surface area contributed by atoms with E-state index >= 15 is 0 Å². The number of nitrogen functional groups attached to an aromatic ring is 1. The monoisotopic (exact) mass is 290 g/mol. The van der Waals surface area contributed by atoms with E-state index in [0.717, 1.165) is 17.4 Å². The predicted molar refractivity (Wildman–Crippen MR) is 65.0 cm³/mol. The van der Waals surface area contributed by atoms with Crippen LogP contribution in [0.25, 0.3) is 10.2 Å². The Hall–Kier alpha value is -1.83. The van der Waals surface area contributed by atoms with Crippen molar-refractivity contribution in [1.29, 1.82) is 0 Å². The molecule has 19 heavy (non-hydrogen) atoms. The number of halogens is 3. The molecule has 0 aliphatic rings. The number of carbonyl (C=O) groups is 1. The van der Waals surface area contributed by atoms with Gasteiger partial charge in [0.25, 0.3) is 0 Å². The van der Waals surface area contributed by atoms with Gasteiger partial charge in [0.2, 0.25) is 0 Å². The third kappa shape index (κ3) is 2.48. The summed E-state index contributed by atoms with van der Waals surface area (Å²) >= 11 is 0.792. The van der Waals surface area contributed by atoms with Crippen LogP contribution in [0.1, 0.15) is 22.3 Å². The fourth-order valence-electron chi connectivity index (χ4n) is 1.50. The Bertz CT molecular complexity index is 637. The second kappa shape index (κ2) is 4.69. The molecule has 0 unspecified atom stereocenters. The Morgan fingerprint density at radius 2 is 2.16 bits per heavy atom. The molecule has 8 heteroatoms. The van der Waals surface area contributed by atoms with Crippen molar-refractivity contribution in [2.24, 2.45) is 0 Å². The van der Waals surface area contributed by atoms with Crippen LogP contribution in [0, 0.1) is 0 Å². The predicted octanol–water partition coefficient (Wildman–Crippen LogP) is 3.07. The van der Waals surface area contributed by atoms with E-state index < -0.39 is 17.8 Å². The van der Waals surface area contributed by atoms with Gasteiger partial charge < -0.3 is 10.5 Å². The topological polar surface area (TPSA) is 65.2 Å². The van der Waals surface area contributed by atoms with Crippen LogP contribution in [0.15, 0.2) is 12.1 Å². The highest BCUT2D eigenvalue weighted by Crippen LogP contribution is 2.36. The Kier molecular flexibility index (Phi) is 3.36. The largest absolute Gasteiger partial charge is 0.462 e. The molecule has 0 bridgehead atoms. The highest BCUT2D eigenvalue weighted by atomic mass is 32.1. The molecule has 102 valence electrons. The van der Waals surface area contributed by atoms with Crippen molar-refractivity contribution in [3.05, 3.63) is 22.7 Å². The van der Waals surface area contributed by atoms with E-state index in [9.17, 15) is 18.0 Å². The Morgan fingerprint density at radius 1 is 1.47 bits per heavy atom. The zero-order valence-corrected chi connectivity index (χ0v) is 10.6. The number of pyridine rings is 1. The van der Waals surface area contributed by atoms with Crippen LogP contribution in [0.3, 0.4) is 0 Å². The molecule has 2 rings (SSSR count). The van der Waals surface area contributed by atoms with E-state index in [4.69, 9.17) is 10.5 Å². The number of hydrogen-bond acceptors (Lipinski definition) is 5. The molecule has 0 aromatic carbocycles. The number of esters is 1. The zero-order valence-electron chi connectivity index (χ0n) is 9.75. The number of anilines is 1. The maximum Gasteiger partial charge on any atom is 0.433 e. The molecule has 0 fully saturated rings. The first-order chi connectivity index (χ1) is 8.84. The SMILES string of the molecule is CCOC(=O)c1sc2nc(C(F)(F)F)ccc2c1N. The maximum atomic E-state index is 12.5. The van der Waals surface area contributed by atoms with E-state index in [-0.39, 0.29) is 22.0 Å². The van der Waals surface area contributed by atoms with Gasteiger partial charge >= 0.3 is 12.1 Å². The summed E-state index contributed by atoms with van der Waals surface area (Å²) in [5.74, 6) is -0.656. The normalized spacial score (nSPS) is 11.8. The van der Waals surface area contributed by atoms with Crippen molar-refractivity contribution in [1.82, 2.24) is 4.98 Å². The molecular formula is C11H9F3N2O2S. The molecule has 0 saturated heterocycles. The van der Waals surface area contributed by atoms with Crippen molar-refractivity contribution in [3.63, 3.8) is 0 Å². The number of nitrogens with two attached hydrogens (primary N) is 1. The molecule has 2 aromatic rings. The summed E-state index contributed by atoms with van der Waals surface area (Å²) in [6.45, 7) is 1.79. The first kappa shape index (κ1) is 13.6. The van der Waals surface area contributed by atoms with E-state index in [2.05, 4.69) is 4.98 Å². The lowest BCUT2D eigenvalue weighted by molar-refractivity contribution is -0.140. The molecule has 0 amide bonds. The quantitative estimate of drug-likeness (QED) is 0.863. The Morgan fingerprint density at radius 3 is 2.74 bits per heavy atom. The van der Waals surface area contributed by atoms with E-state index in [1.54, 1.807) is 6.92 Å². The summed E-state index contributed by atoms with van der Waals surface area (Å²) in [6, 6.07) is 2.04. The number of hydrogen-bond donors (Lipinski definition) is 1. The van der Waals surface area contributed by atoms with Gasteiger partial charge in [-0.15, -0.1) is 11.3 Å². The van der Waals surface area contributed by atoms with Gasteiger partial charge in [-0.1, -0.05) is 0 Å². The summed E-state index contributed by atoms with van der Waals surface area (Å²) < 4.78 is 42.3. The van der Waals surface area contributed by atoms with Crippen molar-refractivity contribution in [2.45, 2.75) is 13.1 Å². The summed E-state index contributed by atoms with van der Waals surface area (Å²) in [4.78, 5) is 15.2. The lowest BCUT2D eigenvalue weighted by Gasteiger charge is -2.04. The smallest absolute Gasteiger partial charge is 0.433 e. The van der Waals surface area contributed by atoms with E-state index in [1.807, 2.05) is 0 Å².